The molecule has 6 rings (SSSR count). The number of hydrogen-bond acceptors (Lipinski definition) is 15. The minimum absolute atomic E-state index is 0.0732. The first-order valence-electron chi connectivity index (χ1n) is 17.8. The van der Waals surface area contributed by atoms with Crippen LogP contribution < -0.4 is 0 Å². The van der Waals surface area contributed by atoms with Gasteiger partial charge in [0, 0.05) is 20.3 Å². The Labute approximate surface area is 311 Å². The Bertz CT molecular complexity index is 1760. The van der Waals surface area contributed by atoms with Gasteiger partial charge in [0.25, 0.3) is 0 Å². The second kappa shape index (κ2) is 14.4. The Morgan fingerprint density at radius 2 is 1.39 bits per heavy atom. The molecule has 2 aliphatic carbocycles. The number of aliphatic hydroxyl groups excluding tert-OH is 2. The number of ether oxygens (including phenoxy) is 7. The van der Waals surface area contributed by atoms with E-state index in [1.54, 1.807) is 62.4 Å². The van der Waals surface area contributed by atoms with E-state index in [2.05, 4.69) is 0 Å². The van der Waals surface area contributed by atoms with Gasteiger partial charge in [-0.2, -0.15) is 0 Å². The molecule has 2 saturated heterocycles. The molecule has 2 aromatic carbocycles. The Morgan fingerprint density at radius 3 is 1.94 bits per heavy atom. The first-order chi connectivity index (χ1) is 25.3. The zero-order valence-corrected chi connectivity index (χ0v) is 30.8. The largest absolute Gasteiger partial charge is 0.463 e. The van der Waals surface area contributed by atoms with E-state index in [0.717, 1.165) is 13.8 Å². The van der Waals surface area contributed by atoms with Crippen molar-refractivity contribution in [2.75, 3.05) is 6.61 Å². The molecule has 3 N–H and O–H groups in total. The molecule has 4 fully saturated rings. The Hall–Kier alpha value is -4.25. The zero-order valence-electron chi connectivity index (χ0n) is 30.8. The second-order valence-electron chi connectivity index (χ2n) is 15.3. The Kier molecular flexibility index (Phi) is 10.5. The molecular weight excluding hydrogens is 708 g/mol. The van der Waals surface area contributed by atoms with Gasteiger partial charge in [0.05, 0.1) is 28.1 Å². The van der Waals surface area contributed by atoms with Crippen molar-refractivity contribution in [1.29, 1.82) is 0 Å². The Balaban J connectivity index is 1.49. The highest BCUT2D eigenvalue weighted by Gasteiger charge is 2.83. The van der Waals surface area contributed by atoms with Crippen molar-refractivity contribution < 1.29 is 72.5 Å². The summed E-state index contributed by atoms with van der Waals surface area (Å²) in [6.07, 6.45) is -13.1. The van der Waals surface area contributed by atoms with Gasteiger partial charge in [-0.25, -0.2) is 9.59 Å². The van der Waals surface area contributed by atoms with E-state index >= 15 is 0 Å². The summed E-state index contributed by atoms with van der Waals surface area (Å²) >= 11 is 0. The van der Waals surface area contributed by atoms with Crippen LogP contribution in [0.4, 0.5) is 0 Å². The van der Waals surface area contributed by atoms with Gasteiger partial charge >= 0.3 is 23.9 Å². The van der Waals surface area contributed by atoms with Crippen LogP contribution in [0.15, 0.2) is 60.7 Å². The average molecular weight is 755 g/mol. The van der Waals surface area contributed by atoms with Gasteiger partial charge < -0.3 is 48.5 Å². The van der Waals surface area contributed by atoms with Crippen LogP contribution in [-0.4, -0.2) is 117 Å². The number of carbonyl (C=O) groups is 5. The van der Waals surface area contributed by atoms with Crippen molar-refractivity contribution in [3.8, 4) is 0 Å². The summed E-state index contributed by atoms with van der Waals surface area (Å²) in [5, 5.41) is 34.6. The van der Waals surface area contributed by atoms with Crippen LogP contribution in [-0.2, 0) is 47.5 Å². The third-order valence-corrected chi connectivity index (χ3v) is 11.3. The van der Waals surface area contributed by atoms with Gasteiger partial charge in [0.2, 0.25) is 0 Å². The molecule has 2 bridgehead atoms. The van der Waals surface area contributed by atoms with Crippen LogP contribution >= 0.6 is 0 Å². The molecule has 54 heavy (non-hydrogen) atoms. The molecule has 4 aliphatic rings. The monoisotopic (exact) mass is 754 g/mol. The lowest BCUT2D eigenvalue weighted by atomic mass is 9.47. The van der Waals surface area contributed by atoms with E-state index in [1.807, 2.05) is 0 Å². The molecule has 2 saturated carbocycles. The van der Waals surface area contributed by atoms with Gasteiger partial charge in [-0.15, -0.1) is 0 Å². The molecule has 2 aliphatic heterocycles. The smallest absolute Gasteiger partial charge is 0.338 e. The molecule has 0 radical (unpaired) electrons. The quantitative estimate of drug-likeness (QED) is 0.190. The predicted octanol–water partition coefficient (Wildman–Crippen LogP) is 2.06. The third kappa shape index (κ3) is 6.60. The summed E-state index contributed by atoms with van der Waals surface area (Å²) in [4.78, 5) is 66.4. The maximum absolute atomic E-state index is 14.7. The molecule has 0 amide bonds. The van der Waals surface area contributed by atoms with E-state index in [9.17, 15) is 39.3 Å². The summed E-state index contributed by atoms with van der Waals surface area (Å²) in [6, 6.07) is 16.1. The van der Waals surface area contributed by atoms with Crippen molar-refractivity contribution in [3.63, 3.8) is 0 Å². The van der Waals surface area contributed by atoms with Crippen LogP contribution in [0.5, 0.6) is 0 Å². The van der Waals surface area contributed by atoms with Gasteiger partial charge in [-0.1, -0.05) is 36.4 Å². The first kappa shape index (κ1) is 39.4. The lowest BCUT2D eigenvalue weighted by Crippen LogP contribution is -2.80. The molecule has 0 unspecified atom stereocenters. The van der Waals surface area contributed by atoms with Crippen molar-refractivity contribution in [3.05, 3.63) is 71.8 Å². The summed E-state index contributed by atoms with van der Waals surface area (Å²) in [6.45, 7) is 7.99. The van der Waals surface area contributed by atoms with E-state index in [4.69, 9.17) is 33.2 Å². The number of esters is 4. The zero-order chi connectivity index (χ0) is 39.4. The highest BCUT2D eigenvalue weighted by atomic mass is 16.7. The number of ketones is 1. The van der Waals surface area contributed by atoms with Crippen LogP contribution in [0.1, 0.15) is 75.1 Å². The summed E-state index contributed by atoms with van der Waals surface area (Å²) in [7, 11) is 0. The Morgan fingerprint density at radius 1 is 0.815 bits per heavy atom. The number of carbonyl (C=O) groups excluding carboxylic acids is 5. The van der Waals surface area contributed by atoms with Crippen molar-refractivity contribution in [2.24, 2.45) is 11.3 Å². The molecule has 15 heteroatoms. The molecular formula is C39H46O15. The number of aliphatic hydroxyl groups is 3. The summed E-state index contributed by atoms with van der Waals surface area (Å²) in [5.41, 5.74) is -6.95. The number of rotatable bonds is 9. The topological polar surface area (TPSA) is 211 Å². The number of benzene rings is 2. The molecule has 292 valence electrons. The maximum Gasteiger partial charge on any atom is 0.338 e. The van der Waals surface area contributed by atoms with E-state index < -0.39 is 120 Å². The van der Waals surface area contributed by atoms with Gasteiger partial charge in [-0.3, -0.25) is 14.4 Å². The van der Waals surface area contributed by atoms with Crippen molar-refractivity contribution in [2.45, 2.75) is 120 Å². The lowest BCUT2D eigenvalue weighted by Gasteiger charge is -2.63. The molecule has 1 spiro atoms. The number of fused-ring (bicyclic) bond motifs is 1. The third-order valence-electron chi connectivity index (χ3n) is 11.3. The highest BCUT2D eigenvalue weighted by Crippen LogP contribution is 2.66. The normalized spacial score (nSPS) is 38.1. The minimum atomic E-state index is -2.13. The fraction of sp³-hybridized carbons (Fsp3) is 0.564. The second-order valence-corrected chi connectivity index (χ2v) is 15.3. The number of Topliss-reactive ketones (excluding diaryl/α,β-unsaturated/α-hetero) is 1. The molecule has 15 nitrogen and oxygen atoms in total. The van der Waals surface area contributed by atoms with Crippen LogP contribution in [0.2, 0.25) is 0 Å². The van der Waals surface area contributed by atoms with Crippen molar-refractivity contribution in [1.82, 2.24) is 0 Å². The highest BCUT2D eigenvalue weighted by molar-refractivity contribution is 5.97. The summed E-state index contributed by atoms with van der Waals surface area (Å²) < 4.78 is 42.1. The SMILES string of the molecule is CC(=O)OC[C@H]1O[C@@H](O[C@@H]2C[C@](C)(O)[C@]34OC(C)(C)[C@H](C[C@H](OC(=O)c5ccccc5)[C@]3(C)[C@H]2OC(=O)c2ccccc2)C4=O)[C@H](OC(C)=O)[C@@H](O)[C@@H]1O. The average Bonchev–Trinajstić information content (AvgIpc) is 3.28. The van der Waals surface area contributed by atoms with E-state index in [1.165, 1.54) is 26.0 Å². The van der Waals surface area contributed by atoms with Gasteiger partial charge in [0.15, 0.2) is 23.8 Å². The van der Waals surface area contributed by atoms with Crippen molar-refractivity contribution >= 4 is 29.7 Å². The minimum Gasteiger partial charge on any atom is -0.463 e. The van der Waals surface area contributed by atoms with E-state index in [0.29, 0.717) is 0 Å². The fourth-order valence-electron chi connectivity index (χ4n) is 8.76. The fourth-order valence-corrected chi connectivity index (χ4v) is 8.76. The molecule has 2 aromatic rings. The van der Waals surface area contributed by atoms with Crippen LogP contribution in [0.25, 0.3) is 0 Å². The molecule has 12 atom stereocenters. The van der Waals surface area contributed by atoms with E-state index in [-0.39, 0.29) is 17.5 Å². The predicted molar refractivity (Wildman–Crippen MR) is 183 cm³/mol. The maximum atomic E-state index is 14.7. The molecule has 2 heterocycles. The number of hydrogen-bond donors (Lipinski definition) is 3. The van der Waals surface area contributed by atoms with Gasteiger partial charge in [-0.05, 0) is 58.4 Å². The summed E-state index contributed by atoms with van der Waals surface area (Å²) in [5.74, 6) is -4.48. The standard InChI is InChI=1S/C39H46O15/c1-20(40)48-19-26-28(42)29(43)30(49-21(2)41)35(51-26)50-25-18-37(5,47)39-31(44)24(36(3,4)54-39)17-27(52-33(45)22-13-9-7-10-14-22)38(39,6)32(25)53-34(46)23-15-11-8-12-16-23/h7-16,24-30,32,35,42-43,47H,17-19H2,1-6H3/t24-,25-,26-,27+,28-,29+,30-,32+,35-,37+,38-,39+/m1/s1. The van der Waals surface area contributed by atoms with Crippen LogP contribution in [0.3, 0.4) is 0 Å². The van der Waals surface area contributed by atoms with Crippen LogP contribution in [0, 0.1) is 11.3 Å². The lowest BCUT2D eigenvalue weighted by molar-refractivity contribution is -0.354. The first-order valence-corrected chi connectivity index (χ1v) is 17.8. The molecule has 0 aromatic heterocycles. The van der Waals surface area contributed by atoms with Gasteiger partial charge in [0.1, 0.15) is 48.8 Å².